The van der Waals surface area contributed by atoms with E-state index >= 15 is 0 Å². The van der Waals surface area contributed by atoms with Crippen LogP contribution in [0.25, 0.3) is 10.2 Å². The van der Waals surface area contributed by atoms with Crippen LogP contribution in [0.3, 0.4) is 0 Å². The second-order valence-corrected chi connectivity index (χ2v) is 7.95. The number of carbonyl (C=O) groups excluding carboxylic acids is 2. The van der Waals surface area contributed by atoms with Crippen LogP contribution < -0.4 is 10.9 Å². The fraction of sp³-hybridized carbons (Fsp3) is 0.300. The molecular weight excluding hydrogens is 376 g/mol. The van der Waals surface area contributed by atoms with Crippen molar-refractivity contribution in [1.82, 2.24) is 14.5 Å². The standard InChI is InChI=1S/C20H22N4O3S/c1-12-13(2)28-18-17(12)20(27)24(11-21-18)10-9-16(25)22-15-8-6-5-7-14(15)19(26)23(3)4/h5-8,11H,9-10H2,1-4H3,(H,22,25). The van der Waals surface area contributed by atoms with Gasteiger partial charge in [0.1, 0.15) is 4.83 Å². The molecule has 0 aliphatic rings. The van der Waals surface area contributed by atoms with Crippen molar-refractivity contribution in [2.24, 2.45) is 0 Å². The molecule has 0 unspecified atom stereocenters. The summed E-state index contributed by atoms with van der Waals surface area (Å²) in [6.07, 6.45) is 1.58. The summed E-state index contributed by atoms with van der Waals surface area (Å²) in [7, 11) is 3.31. The molecule has 2 heterocycles. The predicted molar refractivity (Wildman–Crippen MR) is 111 cm³/mol. The number of carbonyl (C=O) groups is 2. The van der Waals surface area contributed by atoms with Crippen molar-refractivity contribution in [3.05, 3.63) is 57.0 Å². The first-order valence-electron chi connectivity index (χ1n) is 8.85. The monoisotopic (exact) mass is 398 g/mol. The molecule has 0 aliphatic carbocycles. The molecule has 0 atom stereocenters. The molecule has 146 valence electrons. The molecule has 3 aromatic rings. The van der Waals surface area contributed by atoms with Gasteiger partial charge in [0.2, 0.25) is 5.91 Å². The lowest BCUT2D eigenvalue weighted by Crippen LogP contribution is -2.25. The SMILES string of the molecule is Cc1sc2ncn(CCC(=O)Nc3ccccc3C(=O)N(C)C)c(=O)c2c1C. The summed E-state index contributed by atoms with van der Waals surface area (Å²) in [6.45, 7) is 4.09. The van der Waals surface area contributed by atoms with Gasteiger partial charge in [-0.05, 0) is 31.5 Å². The van der Waals surface area contributed by atoms with Crippen molar-refractivity contribution in [3.8, 4) is 0 Å². The van der Waals surface area contributed by atoms with E-state index in [1.807, 2.05) is 13.8 Å². The zero-order chi connectivity index (χ0) is 20.4. The number of para-hydroxylation sites is 1. The van der Waals surface area contributed by atoms with Gasteiger partial charge in [0.25, 0.3) is 11.5 Å². The fourth-order valence-electron chi connectivity index (χ4n) is 2.88. The number of nitrogens with zero attached hydrogens (tertiary/aromatic N) is 3. The number of rotatable bonds is 5. The van der Waals surface area contributed by atoms with Gasteiger partial charge in [0.05, 0.1) is 23.0 Å². The topological polar surface area (TPSA) is 84.3 Å². The van der Waals surface area contributed by atoms with E-state index in [1.165, 1.54) is 27.1 Å². The number of benzene rings is 1. The molecule has 0 aliphatic heterocycles. The lowest BCUT2D eigenvalue weighted by molar-refractivity contribution is -0.116. The summed E-state index contributed by atoms with van der Waals surface area (Å²) in [5, 5.41) is 3.39. The zero-order valence-electron chi connectivity index (χ0n) is 16.3. The molecule has 1 N–H and O–H groups in total. The predicted octanol–water partition coefficient (Wildman–Crippen LogP) is 2.81. The van der Waals surface area contributed by atoms with Crippen LogP contribution in [-0.4, -0.2) is 40.4 Å². The van der Waals surface area contributed by atoms with Crippen LogP contribution in [0, 0.1) is 13.8 Å². The number of nitrogens with one attached hydrogen (secondary N) is 1. The molecule has 0 spiro atoms. The first kappa shape index (κ1) is 19.8. The molecule has 0 bridgehead atoms. The Bertz CT molecular complexity index is 1110. The molecule has 0 saturated heterocycles. The van der Waals surface area contributed by atoms with Gasteiger partial charge < -0.3 is 10.2 Å². The number of amides is 2. The maximum Gasteiger partial charge on any atom is 0.262 e. The average Bonchev–Trinajstić information content (AvgIpc) is 2.95. The molecule has 2 aromatic heterocycles. The maximum absolute atomic E-state index is 12.7. The highest BCUT2D eigenvalue weighted by Crippen LogP contribution is 2.25. The van der Waals surface area contributed by atoms with E-state index in [1.54, 1.807) is 38.4 Å². The van der Waals surface area contributed by atoms with Crippen molar-refractivity contribution in [2.75, 3.05) is 19.4 Å². The zero-order valence-corrected chi connectivity index (χ0v) is 17.1. The number of aryl methyl sites for hydroxylation is 3. The Hall–Kier alpha value is -3.00. The smallest absolute Gasteiger partial charge is 0.262 e. The van der Waals surface area contributed by atoms with Crippen molar-refractivity contribution >= 4 is 39.1 Å². The summed E-state index contributed by atoms with van der Waals surface area (Å²) in [4.78, 5) is 44.9. The van der Waals surface area contributed by atoms with Gasteiger partial charge in [-0.3, -0.25) is 19.0 Å². The minimum Gasteiger partial charge on any atom is -0.345 e. The van der Waals surface area contributed by atoms with Crippen LogP contribution in [0.2, 0.25) is 0 Å². The number of fused-ring (bicyclic) bond motifs is 1. The quantitative estimate of drug-likeness (QED) is 0.716. The first-order chi connectivity index (χ1) is 13.3. The Morgan fingerprint density at radius 1 is 1.21 bits per heavy atom. The van der Waals surface area contributed by atoms with Crippen LogP contribution in [0.1, 0.15) is 27.2 Å². The summed E-state index contributed by atoms with van der Waals surface area (Å²) in [5.74, 6) is -0.464. The minimum absolute atomic E-state index is 0.0970. The number of hydrogen-bond acceptors (Lipinski definition) is 5. The fourth-order valence-corrected chi connectivity index (χ4v) is 3.87. The largest absolute Gasteiger partial charge is 0.345 e. The first-order valence-corrected chi connectivity index (χ1v) is 9.67. The van der Waals surface area contributed by atoms with Crippen LogP contribution in [0.15, 0.2) is 35.4 Å². The molecule has 0 fully saturated rings. The highest BCUT2D eigenvalue weighted by Gasteiger charge is 2.16. The van der Waals surface area contributed by atoms with E-state index in [4.69, 9.17) is 0 Å². The van der Waals surface area contributed by atoms with Crippen molar-refractivity contribution < 1.29 is 9.59 Å². The minimum atomic E-state index is -0.274. The Labute approximate surface area is 166 Å². The molecule has 3 rings (SSSR count). The molecule has 7 nitrogen and oxygen atoms in total. The van der Waals surface area contributed by atoms with Crippen LogP contribution in [0.5, 0.6) is 0 Å². The highest BCUT2D eigenvalue weighted by atomic mass is 32.1. The second-order valence-electron chi connectivity index (χ2n) is 6.75. The Kier molecular flexibility index (Phi) is 5.60. The van der Waals surface area contributed by atoms with Crippen LogP contribution >= 0.6 is 11.3 Å². The number of hydrogen-bond donors (Lipinski definition) is 1. The van der Waals surface area contributed by atoms with Crippen molar-refractivity contribution in [3.63, 3.8) is 0 Å². The van der Waals surface area contributed by atoms with E-state index < -0.39 is 0 Å². The lowest BCUT2D eigenvalue weighted by atomic mass is 10.1. The van der Waals surface area contributed by atoms with Crippen molar-refractivity contribution in [1.29, 1.82) is 0 Å². The molecule has 8 heteroatoms. The number of anilines is 1. The summed E-state index contributed by atoms with van der Waals surface area (Å²) >= 11 is 1.49. The summed E-state index contributed by atoms with van der Waals surface area (Å²) in [6, 6.07) is 6.86. The number of aromatic nitrogens is 2. The third-order valence-electron chi connectivity index (χ3n) is 4.57. The van der Waals surface area contributed by atoms with Gasteiger partial charge in [0, 0.05) is 31.9 Å². The maximum atomic E-state index is 12.7. The van der Waals surface area contributed by atoms with Gasteiger partial charge in [-0.25, -0.2) is 4.98 Å². The Morgan fingerprint density at radius 3 is 2.64 bits per heavy atom. The van der Waals surface area contributed by atoms with E-state index in [2.05, 4.69) is 10.3 Å². The van der Waals surface area contributed by atoms with E-state index in [9.17, 15) is 14.4 Å². The van der Waals surface area contributed by atoms with Crippen LogP contribution in [0.4, 0.5) is 5.69 Å². The third-order valence-corrected chi connectivity index (χ3v) is 5.69. The summed E-state index contributed by atoms with van der Waals surface area (Å²) in [5.41, 5.74) is 1.68. The van der Waals surface area contributed by atoms with E-state index in [-0.39, 0.29) is 30.3 Å². The number of thiophene rings is 1. The van der Waals surface area contributed by atoms with E-state index in [0.29, 0.717) is 16.6 Å². The third kappa shape index (κ3) is 3.82. The highest BCUT2D eigenvalue weighted by molar-refractivity contribution is 7.18. The molecule has 0 radical (unpaired) electrons. The summed E-state index contributed by atoms with van der Waals surface area (Å²) < 4.78 is 1.46. The second kappa shape index (κ2) is 7.93. The van der Waals surface area contributed by atoms with Gasteiger partial charge in [0.15, 0.2) is 0 Å². The molecule has 2 amide bonds. The lowest BCUT2D eigenvalue weighted by Gasteiger charge is -2.14. The van der Waals surface area contributed by atoms with Gasteiger partial charge in [-0.2, -0.15) is 0 Å². The molecule has 28 heavy (non-hydrogen) atoms. The van der Waals surface area contributed by atoms with Crippen LogP contribution in [-0.2, 0) is 11.3 Å². The molecule has 1 aromatic carbocycles. The van der Waals surface area contributed by atoms with E-state index in [0.717, 1.165) is 15.3 Å². The Balaban J connectivity index is 1.75. The van der Waals surface area contributed by atoms with Gasteiger partial charge in [-0.1, -0.05) is 12.1 Å². The Morgan fingerprint density at radius 2 is 1.93 bits per heavy atom. The van der Waals surface area contributed by atoms with Gasteiger partial charge >= 0.3 is 0 Å². The van der Waals surface area contributed by atoms with Crippen molar-refractivity contribution in [2.45, 2.75) is 26.8 Å². The normalized spacial score (nSPS) is 10.9. The molecular formula is C20H22N4O3S. The molecule has 0 saturated carbocycles. The average molecular weight is 398 g/mol. The van der Waals surface area contributed by atoms with Gasteiger partial charge in [-0.15, -0.1) is 11.3 Å².